The summed E-state index contributed by atoms with van der Waals surface area (Å²) in [4.78, 5) is 11.6. The van der Waals surface area contributed by atoms with Crippen LogP contribution in [-0.4, -0.2) is 12.4 Å². The van der Waals surface area contributed by atoms with E-state index in [1.165, 1.54) is 12.1 Å². The van der Waals surface area contributed by atoms with Crippen LogP contribution in [0.4, 0.5) is 4.39 Å². The number of hydrogen-bond donors (Lipinski definition) is 0. The van der Waals surface area contributed by atoms with Gasteiger partial charge in [-0.15, -0.1) is 0 Å². The first kappa shape index (κ1) is 12.3. The molecule has 18 heavy (non-hydrogen) atoms. The van der Waals surface area contributed by atoms with Crippen LogP contribution < -0.4 is 4.74 Å². The van der Waals surface area contributed by atoms with Crippen LogP contribution in [0.5, 0.6) is 5.75 Å². The lowest BCUT2D eigenvalue weighted by Gasteiger charge is -2.06. The van der Waals surface area contributed by atoms with Crippen LogP contribution in [0.1, 0.15) is 5.56 Å². The van der Waals surface area contributed by atoms with Gasteiger partial charge in [0.15, 0.2) is 17.3 Å². The number of Topliss-reactive ketones (excluding diaryl/α,β-unsaturated/α-hetero) is 1. The van der Waals surface area contributed by atoms with E-state index >= 15 is 0 Å². The average Bonchev–Trinajstić information content (AvgIpc) is 2.39. The molecule has 0 aliphatic rings. The first-order chi connectivity index (χ1) is 8.75. The molecule has 0 amide bonds. The molecule has 0 unspecified atom stereocenters. The number of benzene rings is 2. The van der Waals surface area contributed by atoms with Crippen LogP contribution in [0, 0.1) is 5.82 Å². The minimum atomic E-state index is -0.454. The number of halogens is 1. The normalized spacial score (nSPS) is 10.1. The standard InChI is InChI=1S/C15H13FO2/c16-14-8-4-5-9-15(14)18-11-13(17)10-12-6-2-1-3-7-12/h1-9H,10-11H2. The van der Waals surface area contributed by atoms with Gasteiger partial charge in [0.2, 0.25) is 0 Å². The number of ketones is 1. The zero-order valence-electron chi connectivity index (χ0n) is 9.80. The van der Waals surface area contributed by atoms with Crippen molar-refractivity contribution in [2.75, 3.05) is 6.61 Å². The van der Waals surface area contributed by atoms with Gasteiger partial charge in [-0.05, 0) is 17.7 Å². The van der Waals surface area contributed by atoms with Gasteiger partial charge in [0.05, 0.1) is 0 Å². The summed E-state index contributed by atoms with van der Waals surface area (Å²) < 4.78 is 18.4. The minimum Gasteiger partial charge on any atom is -0.483 e. The number of carbonyl (C=O) groups excluding carboxylic acids is 1. The van der Waals surface area contributed by atoms with Crippen molar-refractivity contribution in [2.45, 2.75) is 6.42 Å². The molecule has 2 nitrogen and oxygen atoms in total. The highest BCUT2D eigenvalue weighted by Crippen LogP contribution is 2.15. The van der Waals surface area contributed by atoms with E-state index < -0.39 is 5.82 Å². The van der Waals surface area contributed by atoms with Crippen molar-refractivity contribution >= 4 is 5.78 Å². The Labute approximate surface area is 105 Å². The van der Waals surface area contributed by atoms with Gasteiger partial charge < -0.3 is 4.74 Å². The molecule has 0 fully saturated rings. The molecule has 2 aromatic rings. The first-order valence-electron chi connectivity index (χ1n) is 5.68. The van der Waals surface area contributed by atoms with E-state index in [1.807, 2.05) is 30.3 Å². The number of rotatable bonds is 5. The van der Waals surface area contributed by atoms with E-state index in [-0.39, 0.29) is 18.1 Å². The highest BCUT2D eigenvalue weighted by molar-refractivity contribution is 5.82. The summed E-state index contributed by atoms with van der Waals surface area (Å²) in [6.45, 7) is -0.115. The van der Waals surface area contributed by atoms with E-state index in [9.17, 15) is 9.18 Å². The van der Waals surface area contributed by atoms with Gasteiger partial charge in [0, 0.05) is 6.42 Å². The Bertz CT molecular complexity index is 523. The summed E-state index contributed by atoms with van der Waals surface area (Å²) in [5, 5.41) is 0. The van der Waals surface area contributed by atoms with E-state index in [0.717, 1.165) is 5.56 Å². The molecule has 0 aromatic heterocycles. The van der Waals surface area contributed by atoms with Crippen molar-refractivity contribution in [3.8, 4) is 5.75 Å². The Morgan fingerprint density at radius 1 is 1.00 bits per heavy atom. The molecule has 0 radical (unpaired) electrons. The summed E-state index contributed by atoms with van der Waals surface area (Å²) in [6, 6.07) is 15.4. The van der Waals surface area contributed by atoms with Gasteiger partial charge in [-0.2, -0.15) is 0 Å². The Balaban J connectivity index is 1.88. The molecule has 92 valence electrons. The summed E-state index contributed by atoms with van der Waals surface area (Å²) >= 11 is 0. The Kier molecular flexibility index (Phi) is 4.07. The van der Waals surface area contributed by atoms with Gasteiger partial charge in [0.25, 0.3) is 0 Å². The van der Waals surface area contributed by atoms with Crippen molar-refractivity contribution in [3.63, 3.8) is 0 Å². The Hall–Kier alpha value is -2.16. The summed E-state index contributed by atoms with van der Waals surface area (Å²) in [7, 11) is 0. The first-order valence-corrected chi connectivity index (χ1v) is 5.68. The fourth-order valence-electron chi connectivity index (χ4n) is 1.59. The van der Waals surface area contributed by atoms with Crippen molar-refractivity contribution < 1.29 is 13.9 Å². The van der Waals surface area contributed by atoms with Crippen LogP contribution in [0.25, 0.3) is 0 Å². The monoisotopic (exact) mass is 244 g/mol. The van der Waals surface area contributed by atoms with E-state index in [0.29, 0.717) is 6.42 Å². The van der Waals surface area contributed by atoms with Crippen molar-refractivity contribution in [2.24, 2.45) is 0 Å². The summed E-state index contributed by atoms with van der Waals surface area (Å²) in [5.41, 5.74) is 0.930. The second kappa shape index (κ2) is 5.96. The predicted octanol–water partition coefficient (Wildman–Crippen LogP) is 3.02. The van der Waals surface area contributed by atoms with Crippen molar-refractivity contribution in [3.05, 3.63) is 66.0 Å². The molecular weight excluding hydrogens is 231 g/mol. The number of carbonyl (C=O) groups is 1. The van der Waals surface area contributed by atoms with Gasteiger partial charge in [0.1, 0.15) is 6.61 Å². The molecule has 0 bridgehead atoms. The topological polar surface area (TPSA) is 26.3 Å². The fourth-order valence-corrected chi connectivity index (χ4v) is 1.59. The molecule has 0 aliphatic heterocycles. The molecule has 0 aliphatic carbocycles. The zero-order valence-corrected chi connectivity index (χ0v) is 9.80. The average molecular weight is 244 g/mol. The molecule has 0 saturated carbocycles. The largest absolute Gasteiger partial charge is 0.483 e. The maximum absolute atomic E-state index is 13.2. The lowest BCUT2D eigenvalue weighted by atomic mass is 10.1. The predicted molar refractivity (Wildman–Crippen MR) is 67.0 cm³/mol. The van der Waals surface area contributed by atoms with Gasteiger partial charge in [-0.25, -0.2) is 4.39 Å². The van der Waals surface area contributed by atoms with Crippen molar-refractivity contribution in [1.82, 2.24) is 0 Å². The van der Waals surface area contributed by atoms with Crippen LogP contribution in [0.15, 0.2) is 54.6 Å². The Morgan fingerprint density at radius 2 is 1.67 bits per heavy atom. The maximum atomic E-state index is 13.2. The fraction of sp³-hybridized carbons (Fsp3) is 0.133. The summed E-state index contributed by atoms with van der Waals surface area (Å²) in [5.74, 6) is -0.423. The second-order valence-corrected chi connectivity index (χ2v) is 3.92. The zero-order chi connectivity index (χ0) is 12.8. The van der Waals surface area contributed by atoms with Crippen LogP contribution in [0.2, 0.25) is 0 Å². The number of para-hydroxylation sites is 1. The molecular formula is C15H13FO2. The highest BCUT2D eigenvalue weighted by Gasteiger charge is 2.07. The second-order valence-electron chi connectivity index (χ2n) is 3.92. The number of hydrogen-bond acceptors (Lipinski definition) is 2. The Morgan fingerprint density at radius 3 is 2.39 bits per heavy atom. The molecule has 0 atom stereocenters. The van der Waals surface area contributed by atoms with Gasteiger partial charge in [-0.1, -0.05) is 42.5 Å². The van der Waals surface area contributed by atoms with Gasteiger partial charge >= 0.3 is 0 Å². The third-order valence-electron chi connectivity index (χ3n) is 2.47. The number of ether oxygens (including phenoxy) is 1. The highest BCUT2D eigenvalue weighted by atomic mass is 19.1. The summed E-state index contributed by atoms with van der Waals surface area (Å²) in [6.07, 6.45) is 0.301. The van der Waals surface area contributed by atoms with Crippen LogP contribution in [-0.2, 0) is 11.2 Å². The van der Waals surface area contributed by atoms with Crippen LogP contribution >= 0.6 is 0 Å². The van der Waals surface area contributed by atoms with E-state index in [2.05, 4.69) is 0 Å². The van der Waals surface area contributed by atoms with Crippen LogP contribution in [0.3, 0.4) is 0 Å². The molecule has 2 aromatic carbocycles. The molecule has 0 heterocycles. The molecule has 0 spiro atoms. The maximum Gasteiger partial charge on any atom is 0.174 e. The smallest absolute Gasteiger partial charge is 0.174 e. The van der Waals surface area contributed by atoms with Gasteiger partial charge in [-0.3, -0.25) is 4.79 Å². The SMILES string of the molecule is O=C(COc1ccccc1F)Cc1ccccc1. The molecule has 2 rings (SSSR count). The molecule has 3 heteroatoms. The lowest BCUT2D eigenvalue weighted by Crippen LogP contribution is -2.14. The van der Waals surface area contributed by atoms with Crippen molar-refractivity contribution in [1.29, 1.82) is 0 Å². The lowest BCUT2D eigenvalue weighted by molar-refractivity contribution is -0.120. The third-order valence-corrected chi connectivity index (χ3v) is 2.47. The minimum absolute atomic E-state index is 0.0792. The molecule has 0 N–H and O–H groups in total. The van der Waals surface area contributed by atoms with E-state index in [1.54, 1.807) is 12.1 Å². The molecule has 0 saturated heterocycles. The van der Waals surface area contributed by atoms with E-state index in [4.69, 9.17) is 4.74 Å². The quantitative estimate of drug-likeness (QED) is 0.808. The third kappa shape index (κ3) is 3.42.